The number of rotatable bonds is 2. The zero-order valence-electron chi connectivity index (χ0n) is 13.6. The average molecular weight is 387 g/mol. The molecule has 3 aliphatic rings. The molecule has 25 heavy (non-hydrogen) atoms. The third-order valence-electron chi connectivity index (χ3n) is 5.53. The first kappa shape index (κ1) is 17.4. The van der Waals surface area contributed by atoms with E-state index >= 15 is 0 Å². The molecule has 8 heteroatoms. The first-order valence-electron chi connectivity index (χ1n) is 8.42. The fourth-order valence-electron chi connectivity index (χ4n) is 4.28. The maximum atomic E-state index is 12.6. The highest BCUT2D eigenvalue weighted by atomic mass is 35.5. The lowest BCUT2D eigenvalue weighted by Gasteiger charge is -2.40. The van der Waals surface area contributed by atoms with Crippen molar-refractivity contribution in [3.05, 3.63) is 27.7 Å². The molecule has 0 saturated carbocycles. The van der Waals surface area contributed by atoms with E-state index in [0.717, 1.165) is 0 Å². The molecule has 0 radical (unpaired) electrons. The minimum absolute atomic E-state index is 0.0356. The van der Waals surface area contributed by atoms with Crippen molar-refractivity contribution >= 4 is 29.1 Å². The molecule has 0 aliphatic carbocycles. The number of carbonyl (C=O) groups is 1. The van der Waals surface area contributed by atoms with Crippen LogP contribution in [0.15, 0.2) is 12.1 Å². The van der Waals surface area contributed by atoms with Crippen LogP contribution in [0.2, 0.25) is 10.0 Å². The van der Waals surface area contributed by atoms with E-state index in [4.69, 9.17) is 27.9 Å². The van der Waals surface area contributed by atoms with Crippen molar-refractivity contribution in [1.29, 1.82) is 0 Å². The van der Waals surface area contributed by atoms with Crippen LogP contribution in [0, 0.1) is 0 Å². The van der Waals surface area contributed by atoms with Gasteiger partial charge < -0.3 is 19.8 Å². The van der Waals surface area contributed by atoms with Crippen LogP contribution in [-0.2, 0) is 9.53 Å². The van der Waals surface area contributed by atoms with E-state index < -0.39 is 6.10 Å². The molecular formula is C17H20Cl2N2O4. The summed E-state index contributed by atoms with van der Waals surface area (Å²) in [6.45, 7) is 2.26. The van der Waals surface area contributed by atoms with Gasteiger partial charge in [0.25, 0.3) is 0 Å². The van der Waals surface area contributed by atoms with Gasteiger partial charge in [-0.2, -0.15) is 0 Å². The van der Waals surface area contributed by atoms with Gasteiger partial charge in [-0.1, -0.05) is 23.2 Å². The summed E-state index contributed by atoms with van der Waals surface area (Å²) in [4.78, 5) is 16.5. The Bertz CT molecular complexity index is 701. The van der Waals surface area contributed by atoms with Crippen molar-refractivity contribution in [1.82, 2.24) is 9.80 Å². The summed E-state index contributed by atoms with van der Waals surface area (Å²) in [6.07, 6.45) is 0.155. The first-order chi connectivity index (χ1) is 12.0. The molecular weight excluding hydrogens is 367 g/mol. The second kappa shape index (κ2) is 6.59. The highest BCUT2D eigenvalue weighted by molar-refractivity contribution is 6.42. The minimum Gasteiger partial charge on any atom is -0.508 e. The number of amides is 1. The smallest absolute Gasteiger partial charge is 0.237 e. The van der Waals surface area contributed by atoms with E-state index in [9.17, 15) is 15.0 Å². The lowest BCUT2D eigenvalue weighted by Crippen LogP contribution is -2.58. The summed E-state index contributed by atoms with van der Waals surface area (Å²) in [6, 6.07) is 3.02. The van der Waals surface area contributed by atoms with Crippen molar-refractivity contribution < 1.29 is 19.7 Å². The Hall–Kier alpha value is -1.05. The average Bonchev–Trinajstić information content (AvgIpc) is 3.18. The molecule has 0 bridgehead atoms. The number of ether oxygens (including phenoxy) is 1. The Labute approximate surface area is 155 Å². The molecule has 3 heterocycles. The zero-order valence-corrected chi connectivity index (χ0v) is 15.1. The quantitative estimate of drug-likeness (QED) is 0.804. The summed E-state index contributed by atoms with van der Waals surface area (Å²) < 4.78 is 5.32. The van der Waals surface area contributed by atoms with Crippen LogP contribution in [0.1, 0.15) is 17.9 Å². The number of phenols is 1. The van der Waals surface area contributed by atoms with E-state index in [-0.39, 0.29) is 36.2 Å². The fraction of sp³-hybridized carbons (Fsp3) is 0.588. The maximum absolute atomic E-state index is 12.6. The largest absolute Gasteiger partial charge is 0.508 e. The molecule has 3 aliphatic heterocycles. The molecule has 1 aromatic rings. The first-order valence-corrected chi connectivity index (χ1v) is 9.17. The molecule has 2 N–H and O–H groups in total. The van der Waals surface area contributed by atoms with E-state index in [2.05, 4.69) is 0 Å². The van der Waals surface area contributed by atoms with Gasteiger partial charge in [-0.15, -0.1) is 0 Å². The van der Waals surface area contributed by atoms with Gasteiger partial charge in [0.15, 0.2) is 0 Å². The Kier molecular flexibility index (Phi) is 4.58. The van der Waals surface area contributed by atoms with Gasteiger partial charge in [-0.05, 0) is 18.6 Å². The van der Waals surface area contributed by atoms with E-state index in [1.54, 1.807) is 12.1 Å². The topological polar surface area (TPSA) is 73.2 Å². The van der Waals surface area contributed by atoms with Crippen LogP contribution < -0.4 is 0 Å². The van der Waals surface area contributed by atoms with Gasteiger partial charge >= 0.3 is 0 Å². The van der Waals surface area contributed by atoms with Crippen LogP contribution >= 0.6 is 23.2 Å². The summed E-state index contributed by atoms with van der Waals surface area (Å²) in [7, 11) is 0. The van der Waals surface area contributed by atoms with Crippen molar-refractivity contribution in [2.45, 2.75) is 30.5 Å². The molecule has 3 fully saturated rings. The molecule has 4 atom stereocenters. The number of phenolic OH excluding ortho intramolecular Hbond substituents is 1. The number of benzene rings is 1. The lowest BCUT2D eigenvalue weighted by atomic mass is 9.95. The van der Waals surface area contributed by atoms with E-state index in [1.165, 1.54) is 0 Å². The summed E-state index contributed by atoms with van der Waals surface area (Å²) >= 11 is 12.4. The van der Waals surface area contributed by atoms with Gasteiger partial charge in [0, 0.05) is 30.6 Å². The van der Waals surface area contributed by atoms with Crippen LogP contribution in [0.3, 0.4) is 0 Å². The molecule has 0 unspecified atom stereocenters. The monoisotopic (exact) mass is 386 g/mol. The predicted octanol–water partition coefficient (Wildman–Crippen LogP) is 1.46. The predicted molar refractivity (Wildman–Crippen MR) is 93.2 cm³/mol. The third kappa shape index (κ3) is 3.00. The standard InChI is InChI=1S/C17H20Cl2N2O4/c18-11-1-2-13(22)16(17(11)19)9-3-10-5-20(6-15(24)21(10)4-9)12-7-25-8-14(12)23/h1-2,9-10,12,14,22-23H,3-8H2/t9-,10-,12-,14-/m0/s1. The Morgan fingerprint density at radius 1 is 1.20 bits per heavy atom. The molecule has 6 nitrogen and oxygen atoms in total. The van der Waals surface area contributed by atoms with Crippen molar-refractivity contribution in [2.24, 2.45) is 0 Å². The summed E-state index contributed by atoms with van der Waals surface area (Å²) in [5.74, 6) is 0.100. The van der Waals surface area contributed by atoms with Crippen molar-refractivity contribution in [3.8, 4) is 5.75 Å². The molecule has 1 amide bonds. The van der Waals surface area contributed by atoms with Gasteiger partial charge in [-0.3, -0.25) is 9.69 Å². The Morgan fingerprint density at radius 3 is 2.72 bits per heavy atom. The van der Waals surface area contributed by atoms with Crippen LogP contribution in [0.5, 0.6) is 5.75 Å². The number of piperazine rings is 1. The van der Waals surface area contributed by atoms with Gasteiger partial charge in [-0.25, -0.2) is 0 Å². The maximum Gasteiger partial charge on any atom is 0.237 e. The van der Waals surface area contributed by atoms with Gasteiger partial charge in [0.2, 0.25) is 5.91 Å². The molecule has 0 aromatic heterocycles. The zero-order chi connectivity index (χ0) is 17.7. The fourth-order valence-corrected chi connectivity index (χ4v) is 4.76. The van der Waals surface area contributed by atoms with Crippen LogP contribution in [0.25, 0.3) is 0 Å². The Balaban J connectivity index is 1.55. The van der Waals surface area contributed by atoms with Gasteiger partial charge in [0.05, 0.1) is 41.9 Å². The molecule has 136 valence electrons. The normalized spacial score (nSPS) is 33.1. The van der Waals surface area contributed by atoms with E-state index in [1.807, 2.05) is 9.80 Å². The number of aliphatic hydroxyl groups excluding tert-OH is 1. The molecule has 4 rings (SSSR count). The van der Waals surface area contributed by atoms with Gasteiger partial charge in [0.1, 0.15) is 5.75 Å². The summed E-state index contributed by atoms with van der Waals surface area (Å²) in [5, 5.41) is 21.0. The highest BCUT2D eigenvalue weighted by Gasteiger charge is 2.45. The number of hydrogen-bond acceptors (Lipinski definition) is 5. The lowest BCUT2D eigenvalue weighted by molar-refractivity contribution is -0.139. The van der Waals surface area contributed by atoms with Crippen LogP contribution in [-0.4, -0.2) is 77.0 Å². The second-order valence-electron chi connectivity index (χ2n) is 7.03. The third-order valence-corrected chi connectivity index (χ3v) is 6.35. The number of fused-ring (bicyclic) bond motifs is 1. The number of aromatic hydroxyl groups is 1. The number of hydrogen-bond donors (Lipinski definition) is 2. The highest BCUT2D eigenvalue weighted by Crippen LogP contribution is 2.43. The molecule has 3 saturated heterocycles. The van der Waals surface area contributed by atoms with Crippen molar-refractivity contribution in [2.75, 3.05) is 32.8 Å². The SMILES string of the molecule is O=C1CN([C@H]2COC[C@@H]2O)C[C@@H]2C[C@H](c3c(O)ccc(Cl)c3Cl)CN12. The van der Waals surface area contributed by atoms with Crippen LogP contribution in [0.4, 0.5) is 0 Å². The summed E-state index contributed by atoms with van der Waals surface area (Å²) in [5.41, 5.74) is 0.618. The molecule has 0 spiro atoms. The Morgan fingerprint density at radius 2 is 2.00 bits per heavy atom. The number of carbonyl (C=O) groups excluding carboxylic acids is 1. The van der Waals surface area contributed by atoms with E-state index in [0.29, 0.717) is 48.3 Å². The number of halogens is 2. The molecule has 1 aromatic carbocycles. The number of nitrogens with zero attached hydrogens (tertiary/aromatic N) is 2. The van der Waals surface area contributed by atoms with Crippen molar-refractivity contribution in [3.63, 3.8) is 0 Å². The second-order valence-corrected chi connectivity index (χ2v) is 7.81. The minimum atomic E-state index is -0.553. The number of aliphatic hydroxyl groups is 1.